The maximum atomic E-state index is 4.28. The maximum Gasteiger partial charge on any atom is 0.0394 e. The van der Waals surface area contributed by atoms with Crippen molar-refractivity contribution in [1.82, 2.24) is 0 Å². The average molecular weight is 179 g/mol. The van der Waals surface area contributed by atoms with Crippen LogP contribution in [0.15, 0.2) is 29.3 Å². The minimum absolute atomic E-state index is 0.393. The predicted octanol–water partition coefficient (Wildman–Crippen LogP) is 3.63. The maximum absolute atomic E-state index is 4.28. The van der Waals surface area contributed by atoms with Crippen molar-refractivity contribution in [3.05, 3.63) is 24.3 Å². The molecule has 0 unspecified atom stereocenters. The fourth-order valence-corrected chi connectivity index (χ4v) is 0.760. The summed E-state index contributed by atoms with van der Waals surface area (Å²) in [5.74, 6) is 0. The van der Waals surface area contributed by atoms with E-state index in [0.717, 1.165) is 13.0 Å². The Morgan fingerprint density at radius 3 is 2.31 bits per heavy atom. The molecule has 13 heavy (non-hydrogen) atoms. The molecule has 74 valence electrons. The van der Waals surface area contributed by atoms with Gasteiger partial charge < -0.3 is 0 Å². The van der Waals surface area contributed by atoms with Crippen molar-refractivity contribution in [2.75, 3.05) is 6.54 Å². The van der Waals surface area contributed by atoms with Crippen molar-refractivity contribution < 1.29 is 0 Å². The lowest BCUT2D eigenvalue weighted by atomic mass is 9.93. The number of hydrogen-bond donors (Lipinski definition) is 0. The summed E-state index contributed by atoms with van der Waals surface area (Å²) in [4.78, 5) is 4.28. The van der Waals surface area contributed by atoms with Gasteiger partial charge in [-0.1, -0.05) is 39.0 Å². The normalized spacial score (nSPS) is 13.8. The Labute approximate surface area is 82.3 Å². The first-order valence-electron chi connectivity index (χ1n) is 4.84. The second-order valence-electron chi connectivity index (χ2n) is 4.28. The second kappa shape index (κ2) is 6.64. The van der Waals surface area contributed by atoms with Crippen LogP contribution in [0.2, 0.25) is 0 Å². The first kappa shape index (κ1) is 12.2. The van der Waals surface area contributed by atoms with Crippen LogP contribution in [0, 0.1) is 5.41 Å². The van der Waals surface area contributed by atoms with E-state index in [4.69, 9.17) is 0 Å². The molecule has 0 fully saturated rings. The zero-order chi connectivity index (χ0) is 10.2. The molecule has 0 N–H and O–H groups in total. The second-order valence-corrected chi connectivity index (χ2v) is 4.28. The van der Waals surface area contributed by atoms with Gasteiger partial charge in [0, 0.05) is 12.8 Å². The van der Waals surface area contributed by atoms with Gasteiger partial charge >= 0.3 is 0 Å². The highest BCUT2D eigenvalue weighted by Gasteiger charge is 2.07. The van der Waals surface area contributed by atoms with Crippen molar-refractivity contribution in [3.8, 4) is 0 Å². The molecule has 0 aromatic rings. The van der Waals surface area contributed by atoms with Gasteiger partial charge in [0.2, 0.25) is 0 Å². The van der Waals surface area contributed by atoms with Crippen molar-refractivity contribution in [2.24, 2.45) is 10.4 Å². The molecule has 0 heterocycles. The Morgan fingerprint density at radius 1 is 1.08 bits per heavy atom. The fourth-order valence-electron chi connectivity index (χ4n) is 0.760. The van der Waals surface area contributed by atoms with E-state index < -0.39 is 0 Å². The first-order chi connectivity index (χ1) is 6.06. The van der Waals surface area contributed by atoms with Gasteiger partial charge in [-0.15, -0.1) is 0 Å². The molecule has 1 nitrogen and oxygen atoms in total. The van der Waals surface area contributed by atoms with Crippen molar-refractivity contribution in [2.45, 2.75) is 34.1 Å². The van der Waals surface area contributed by atoms with E-state index in [1.165, 1.54) is 0 Å². The van der Waals surface area contributed by atoms with E-state index >= 15 is 0 Å². The van der Waals surface area contributed by atoms with Crippen LogP contribution in [0.5, 0.6) is 0 Å². The summed E-state index contributed by atoms with van der Waals surface area (Å²) < 4.78 is 0. The van der Waals surface area contributed by atoms with Gasteiger partial charge in [0.15, 0.2) is 0 Å². The Kier molecular flexibility index (Phi) is 6.21. The summed E-state index contributed by atoms with van der Waals surface area (Å²) in [5, 5.41) is 0. The van der Waals surface area contributed by atoms with Gasteiger partial charge in [0.1, 0.15) is 0 Å². The largest absolute Gasteiger partial charge is 0.293 e. The molecule has 0 aromatic carbocycles. The van der Waals surface area contributed by atoms with E-state index in [9.17, 15) is 0 Å². The third-order valence-electron chi connectivity index (χ3n) is 1.60. The molecule has 0 aliphatic rings. The SMILES string of the molecule is C\C=C/C=C\C=N\CCC(C)(C)C. The number of rotatable bonds is 4. The number of hydrogen-bond acceptors (Lipinski definition) is 1. The topological polar surface area (TPSA) is 12.4 Å². The van der Waals surface area contributed by atoms with Gasteiger partial charge in [-0.2, -0.15) is 0 Å². The Bertz CT molecular complexity index is 192. The van der Waals surface area contributed by atoms with E-state index in [0.29, 0.717) is 5.41 Å². The molecule has 0 atom stereocenters. The summed E-state index contributed by atoms with van der Waals surface area (Å²) in [6.07, 6.45) is 10.9. The summed E-state index contributed by atoms with van der Waals surface area (Å²) in [6, 6.07) is 0. The van der Waals surface area contributed by atoms with Gasteiger partial charge in [-0.05, 0) is 24.8 Å². The lowest BCUT2D eigenvalue weighted by molar-refractivity contribution is 0.385. The van der Waals surface area contributed by atoms with E-state index in [1.807, 2.05) is 37.4 Å². The molecule has 0 rings (SSSR count). The minimum Gasteiger partial charge on any atom is -0.293 e. The van der Waals surface area contributed by atoms with Crippen LogP contribution in [-0.4, -0.2) is 12.8 Å². The molecule has 0 aliphatic carbocycles. The Morgan fingerprint density at radius 2 is 1.77 bits per heavy atom. The highest BCUT2D eigenvalue weighted by molar-refractivity contribution is 5.71. The van der Waals surface area contributed by atoms with Gasteiger partial charge in [0.25, 0.3) is 0 Å². The van der Waals surface area contributed by atoms with Crippen molar-refractivity contribution in [3.63, 3.8) is 0 Å². The molecule has 0 saturated carbocycles. The average Bonchev–Trinajstić information content (AvgIpc) is 2.01. The molecule has 0 amide bonds. The van der Waals surface area contributed by atoms with E-state index in [-0.39, 0.29) is 0 Å². The van der Waals surface area contributed by atoms with E-state index in [2.05, 4.69) is 25.8 Å². The van der Waals surface area contributed by atoms with Crippen LogP contribution < -0.4 is 0 Å². The molecule has 0 aromatic heterocycles. The number of allylic oxidation sites excluding steroid dienone is 4. The Hall–Kier alpha value is -0.850. The van der Waals surface area contributed by atoms with Crippen molar-refractivity contribution in [1.29, 1.82) is 0 Å². The fraction of sp³-hybridized carbons (Fsp3) is 0.583. The lowest BCUT2D eigenvalue weighted by Crippen LogP contribution is -2.06. The number of nitrogens with zero attached hydrogens (tertiary/aromatic N) is 1. The van der Waals surface area contributed by atoms with Crippen LogP contribution in [0.1, 0.15) is 34.1 Å². The van der Waals surface area contributed by atoms with Crippen LogP contribution in [0.4, 0.5) is 0 Å². The number of aliphatic imine (C=N–C) groups is 1. The summed E-state index contributed by atoms with van der Waals surface area (Å²) in [6.45, 7) is 9.62. The summed E-state index contributed by atoms with van der Waals surface area (Å²) >= 11 is 0. The third kappa shape index (κ3) is 11.1. The minimum atomic E-state index is 0.393. The summed E-state index contributed by atoms with van der Waals surface area (Å²) in [7, 11) is 0. The van der Waals surface area contributed by atoms with Crippen LogP contribution in [0.25, 0.3) is 0 Å². The smallest absolute Gasteiger partial charge is 0.0394 e. The van der Waals surface area contributed by atoms with Crippen LogP contribution >= 0.6 is 0 Å². The van der Waals surface area contributed by atoms with Crippen LogP contribution in [0.3, 0.4) is 0 Å². The van der Waals surface area contributed by atoms with E-state index in [1.54, 1.807) is 0 Å². The molecule has 0 spiro atoms. The quantitative estimate of drug-likeness (QED) is 0.461. The van der Waals surface area contributed by atoms with Gasteiger partial charge in [0.05, 0.1) is 0 Å². The molecular formula is C12H21N. The molecule has 0 bridgehead atoms. The highest BCUT2D eigenvalue weighted by atomic mass is 14.7. The summed E-state index contributed by atoms with van der Waals surface area (Å²) in [5.41, 5.74) is 0.393. The first-order valence-corrected chi connectivity index (χ1v) is 4.84. The standard InChI is InChI=1S/C12H21N/c1-5-6-7-8-10-13-11-9-12(2,3)4/h5-8,10H,9,11H2,1-4H3/b6-5-,8-7-,13-10+. The van der Waals surface area contributed by atoms with Crippen LogP contribution in [-0.2, 0) is 0 Å². The van der Waals surface area contributed by atoms with Gasteiger partial charge in [-0.25, -0.2) is 0 Å². The molecular weight excluding hydrogens is 158 g/mol. The van der Waals surface area contributed by atoms with Crippen molar-refractivity contribution >= 4 is 6.21 Å². The zero-order valence-electron chi connectivity index (χ0n) is 9.25. The molecule has 0 saturated heterocycles. The molecule has 1 heteroatoms. The molecule has 0 aliphatic heterocycles. The highest BCUT2D eigenvalue weighted by Crippen LogP contribution is 2.17. The molecule has 0 radical (unpaired) electrons. The zero-order valence-corrected chi connectivity index (χ0v) is 9.25. The lowest BCUT2D eigenvalue weighted by Gasteiger charge is -2.15. The third-order valence-corrected chi connectivity index (χ3v) is 1.60. The Balaban J connectivity index is 3.53. The monoisotopic (exact) mass is 179 g/mol. The predicted molar refractivity (Wildman–Crippen MR) is 61.4 cm³/mol. The van der Waals surface area contributed by atoms with Gasteiger partial charge in [-0.3, -0.25) is 4.99 Å².